The van der Waals surface area contributed by atoms with Crippen LogP contribution in [0.1, 0.15) is 44.3 Å². The molecule has 1 aromatic carbocycles. The topological polar surface area (TPSA) is 46.2 Å². The SMILES string of the molecule is CC1CCC(CN)(C(O)c2cccc(Cl)c2Cl)CC1. The first-order chi connectivity index (χ1) is 9.00. The van der Waals surface area contributed by atoms with Crippen LogP contribution in [0.3, 0.4) is 0 Å². The first kappa shape index (κ1) is 15.1. The van der Waals surface area contributed by atoms with Gasteiger partial charge in [0, 0.05) is 17.5 Å². The summed E-state index contributed by atoms with van der Waals surface area (Å²) in [5, 5.41) is 11.7. The van der Waals surface area contributed by atoms with Crippen LogP contribution in [0.5, 0.6) is 0 Å². The molecule has 19 heavy (non-hydrogen) atoms. The molecule has 4 heteroatoms. The Balaban J connectivity index is 2.30. The molecule has 2 nitrogen and oxygen atoms in total. The fourth-order valence-corrected chi connectivity index (χ4v) is 3.40. The predicted molar refractivity (Wildman–Crippen MR) is 80.5 cm³/mol. The lowest BCUT2D eigenvalue weighted by Crippen LogP contribution is -2.40. The van der Waals surface area contributed by atoms with Gasteiger partial charge in [-0.2, -0.15) is 0 Å². The maximum Gasteiger partial charge on any atom is 0.0873 e. The summed E-state index contributed by atoms with van der Waals surface area (Å²) in [4.78, 5) is 0. The van der Waals surface area contributed by atoms with E-state index in [0.29, 0.717) is 28.1 Å². The number of benzene rings is 1. The minimum Gasteiger partial charge on any atom is -0.388 e. The van der Waals surface area contributed by atoms with E-state index in [4.69, 9.17) is 28.9 Å². The molecule has 1 aromatic rings. The second kappa shape index (κ2) is 6.01. The van der Waals surface area contributed by atoms with Crippen molar-refractivity contribution in [1.82, 2.24) is 0 Å². The summed E-state index contributed by atoms with van der Waals surface area (Å²) in [6, 6.07) is 5.40. The fraction of sp³-hybridized carbons (Fsp3) is 0.600. The van der Waals surface area contributed by atoms with Crippen molar-refractivity contribution < 1.29 is 5.11 Å². The van der Waals surface area contributed by atoms with E-state index in [0.717, 1.165) is 25.7 Å². The average Bonchev–Trinajstić information content (AvgIpc) is 2.42. The number of hydrogen-bond acceptors (Lipinski definition) is 2. The Morgan fingerprint density at radius 2 is 2.00 bits per heavy atom. The summed E-state index contributed by atoms with van der Waals surface area (Å²) in [6.45, 7) is 2.73. The molecule has 0 aliphatic heterocycles. The summed E-state index contributed by atoms with van der Waals surface area (Å²) < 4.78 is 0. The molecule has 0 bridgehead atoms. The largest absolute Gasteiger partial charge is 0.388 e. The van der Waals surface area contributed by atoms with Crippen LogP contribution in [0.15, 0.2) is 18.2 Å². The fourth-order valence-electron chi connectivity index (χ4n) is 2.99. The van der Waals surface area contributed by atoms with E-state index in [1.807, 2.05) is 12.1 Å². The highest BCUT2D eigenvalue weighted by Gasteiger charge is 2.40. The van der Waals surface area contributed by atoms with Gasteiger partial charge in [0.15, 0.2) is 0 Å². The molecule has 0 aromatic heterocycles. The zero-order chi connectivity index (χ0) is 14.0. The zero-order valence-corrected chi connectivity index (χ0v) is 12.7. The molecule has 1 aliphatic rings. The Kier molecular flexibility index (Phi) is 4.78. The van der Waals surface area contributed by atoms with Crippen LogP contribution in [-0.2, 0) is 0 Å². The number of hydrogen-bond donors (Lipinski definition) is 2. The van der Waals surface area contributed by atoms with Gasteiger partial charge in [0.2, 0.25) is 0 Å². The summed E-state index contributed by atoms with van der Waals surface area (Å²) in [5.41, 5.74) is 6.41. The molecule has 106 valence electrons. The van der Waals surface area contributed by atoms with Crippen molar-refractivity contribution in [3.8, 4) is 0 Å². The molecule has 0 saturated heterocycles. The smallest absolute Gasteiger partial charge is 0.0873 e. The molecule has 3 N–H and O–H groups in total. The Labute approximate surface area is 124 Å². The normalized spacial score (nSPS) is 29.2. The number of halogens is 2. The van der Waals surface area contributed by atoms with E-state index in [1.165, 1.54) is 0 Å². The molecule has 0 spiro atoms. The number of aliphatic hydroxyl groups excluding tert-OH is 1. The van der Waals surface area contributed by atoms with E-state index >= 15 is 0 Å². The Morgan fingerprint density at radius 3 is 2.58 bits per heavy atom. The first-order valence-corrected chi connectivity index (χ1v) is 7.58. The summed E-state index contributed by atoms with van der Waals surface area (Å²) in [7, 11) is 0. The van der Waals surface area contributed by atoms with Gasteiger partial charge in [0.25, 0.3) is 0 Å². The lowest BCUT2D eigenvalue weighted by Gasteiger charge is -2.42. The van der Waals surface area contributed by atoms with Crippen molar-refractivity contribution in [1.29, 1.82) is 0 Å². The minimum absolute atomic E-state index is 0.263. The van der Waals surface area contributed by atoms with E-state index in [2.05, 4.69) is 6.92 Å². The molecule has 0 amide bonds. The van der Waals surface area contributed by atoms with E-state index < -0.39 is 6.10 Å². The predicted octanol–water partition coefficient (Wildman–Crippen LogP) is 4.18. The van der Waals surface area contributed by atoms with Crippen molar-refractivity contribution >= 4 is 23.2 Å². The third-order valence-corrected chi connectivity index (χ3v) is 5.37. The molecule has 1 unspecified atom stereocenters. The Bertz CT molecular complexity index is 442. The lowest BCUT2D eigenvalue weighted by molar-refractivity contribution is -0.00811. The number of nitrogens with two attached hydrogens (primary N) is 1. The third-order valence-electron chi connectivity index (χ3n) is 4.53. The molecule has 1 aliphatic carbocycles. The van der Waals surface area contributed by atoms with Crippen LogP contribution in [0.2, 0.25) is 10.0 Å². The highest BCUT2D eigenvalue weighted by Crippen LogP contribution is 2.48. The Morgan fingerprint density at radius 1 is 1.37 bits per heavy atom. The van der Waals surface area contributed by atoms with Crippen LogP contribution in [-0.4, -0.2) is 11.7 Å². The molecule has 2 rings (SSSR count). The second-order valence-electron chi connectivity index (χ2n) is 5.79. The third kappa shape index (κ3) is 2.92. The van der Waals surface area contributed by atoms with Crippen LogP contribution in [0.4, 0.5) is 0 Å². The maximum absolute atomic E-state index is 10.8. The summed E-state index contributed by atoms with van der Waals surface area (Å²) in [5.74, 6) is 0.710. The second-order valence-corrected chi connectivity index (χ2v) is 6.58. The van der Waals surface area contributed by atoms with Crippen LogP contribution < -0.4 is 5.73 Å². The summed E-state index contributed by atoms with van der Waals surface area (Å²) in [6.07, 6.45) is 3.44. The molecular weight excluding hydrogens is 281 g/mol. The van der Waals surface area contributed by atoms with Gasteiger partial charge in [-0.1, -0.05) is 55.1 Å². The van der Waals surface area contributed by atoms with Crippen LogP contribution in [0.25, 0.3) is 0 Å². The number of aliphatic hydroxyl groups is 1. The van der Waals surface area contributed by atoms with Gasteiger partial charge in [-0.3, -0.25) is 0 Å². The molecule has 1 atom stereocenters. The average molecular weight is 302 g/mol. The molecule has 1 fully saturated rings. The standard InChI is InChI=1S/C15H21Cl2NO/c1-10-5-7-15(9-18,8-6-10)14(19)11-3-2-4-12(16)13(11)17/h2-4,10,14,19H,5-9,18H2,1H3. The minimum atomic E-state index is -0.642. The summed E-state index contributed by atoms with van der Waals surface area (Å²) >= 11 is 12.3. The highest BCUT2D eigenvalue weighted by molar-refractivity contribution is 6.42. The van der Waals surface area contributed by atoms with Crippen molar-refractivity contribution in [3.63, 3.8) is 0 Å². The van der Waals surface area contributed by atoms with Crippen molar-refractivity contribution in [2.45, 2.75) is 38.7 Å². The van der Waals surface area contributed by atoms with Crippen molar-refractivity contribution in [2.75, 3.05) is 6.54 Å². The zero-order valence-electron chi connectivity index (χ0n) is 11.2. The first-order valence-electron chi connectivity index (χ1n) is 6.82. The van der Waals surface area contributed by atoms with Gasteiger partial charge in [-0.25, -0.2) is 0 Å². The van der Waals surface area contributed by atoms with Crippen molar-refractivity contribution in [2.24, 2.45) is 17.1 Å². The van der Waals surface area contributed by atoms with Gasteiger partial charge in [0.05, 0.1) is 16.1 Å². The maximum atomic E-state index is 10.8. The van der Waals surface area contributed by atoms with Gasteiger partial charge >= 0.3 is 0 Å². The van der Waals surface area contributed by atoms with E-state index in [9.17, 15) is 5.11 Å². The number of rotatable bonds is 3. The molecule has 1 saturated carbocycles. The lowest BCUT2D eigenvalue weighted by atomic mass is 9.66. The monoisotopic (exact) mass is 301 g/mol. The van der Waals surface area contributed by atoms with E-state index in [-0.39, 0.29) is 5.41 Å². The van der Waals surface area contributed by atoms with Crippen molar-refractivity contribution in [3.05, 3.63) is 33.8 Å². The van der Waals surface area contributed by atoms with Gasteiger partial charge in [0.1, 0.15) is 0 Å². The van der Waals surface area contributed by atoms with Gasteiger partial charge < -0.3 is 10.8 Å². The molecule has 0 heterocycles. The van der Waals surface area contributed by atoms with Crippen LogP contribution in [0, 0.1) is 11.3 Å². The molecule has 0 radical (unpaired) electrons. The van der Waals surface area contributed by atoms with E-state index in [1.54, 1.807) is 6.07 Å². The Hall–Kier alpha value is -0.280. The molecular formula is C15H21Cl2NO. The highest BCUT2D eigenvalue weighted by atomic mass is 35.5. The quantitative estimate of drug-likeness (QED) is 0.879. The van der Waals surface area contributed by atoms with Gasteiger partial charge in [-0.05, 0) is 24.8 Å². The van der Waals surface area contributed by atoms with Gasteiger partial charge in [-0.15, -0.1) is 0 Å². The van der Waals surface area contributed by atoms with Crippen LogP contribution >= 0.6 is 23.2 Å².